The molecular formula is C19H15N3O3. The Hall–Kier alpha value is -3.46. The molecule has 0 radical (unpaired) electrons. The van der Waals surface area contributed by atoms with E-state index in [0.717, 1.165) is 10.5 Å². The second-order valence-corrected chi connectivity index (χ2v) is 5.60. The van der Waals surface area contributed by atoms with Crippen molar-refractivity contribution in [1.29, 1.82) is 5.26 Å². The number of carbonyl (C=O) groups excluding carboxylic acids is 3. The highest BCUT2D eigenvalue weighted by Gasteiger charge is 2.34. The predicted molar refractivity (Wildman–Crippen MR) is 90.8 cm³/mol. The lowest BCUT2D eigenvalue weighted by Crippen LogP contribution is -2.33. The van der Waals surface area contributed by atoms with E-state index in [1.807, 2.05) is 6.07 Å². The van der Waals surface area contributed by atoms with Crippen LogP contribution < -0.4 is 5.32 Å². The molecule has 2 aromatic carbocycles. The summed E-state index contributed by atoms with van der Waals surface area (Å²) < 4.78 is 0. The summed E-state index contributed by atoms with van der Waals surface area (Å²) in [6.07, 6.45) is 0.182. The van der Waals surface area contributed by atoms with Crippen LogP contribution in [0.15, 0.2) is 48.5 Å². The first-order valence-corrected chi connectivity index (χ1v) is 7.81. The number of para-hydroxylation sites is 1. The number of anilines is 1. The predicted octanol–water partition coefficient (Wildman–Crippen LogP) is 2.38. The largest absolute Gasteiger partial charge is 0.326 e. The zero-order valence-corrected chi connectivity index (χ0v) is 13.4. The van der Waals surface area contributed by atoms with E-state index in [1.165, 1.54) is 0 Å². The molecule has 0 fully saturated rings. The minimum Gasteiger partial charge on any atom is -0.326 e. The van der Waals surface area contributed by atoms with Gasteiger partial charge in [0.25, 0.3) is 11.8 Å². The Kier molecular flexibility index (Phi) is 4.57. The number of hydrogen-bond donors (Lipinski definition) is 1. The first-order chi connectivity index (χ1) is 12.1. The standard InChI is InChI=1S/C19H15N3O3/c20-11-9-13-5-1-4-8-16(13)21-17(23)10-12-22-18(24)14-6-2-3-7-15(14)19(22)25/h1-8H,9-10,12H2,(H,21,23). The summed E-state index contributed by atoms with van der Waals surface area (Å²) >= 11 is 0. The van der Waals surface area contributed by atoms with Gasteiger partial charge in [-0.25, -0.2) is 0 Å². The summed E-state index contributed by atoms with van der Waals surface area (Å²) in [5, 5.41) is 11.6. The van der Waals surface area contributed by atoms with Gasteiger partial charge >= 0.3 is 0 Å². The first kappa shape index (κ1) is 16.4. The highest BCUT2D eigenvalue weighted by Crippen LogP contribution is 2.22. The number of fused-ring (bicyclic) bond motifs is 1. The summed E-state index contributed by atoms with van der Waals surface area (Å²) in [6, 6.07) is 15.7. The lowest BCUT2D eigenvalue weighted by Gasteiger charge is -2.14. The molecule has 6 heteroatoms. The topological polar surface area (TPSA) is 90.3 Å². The van der Waals surface area contributed by atoms with Crippen LogP contribution in [0.25, 0.3) is 0 Å². The van der Waals surface area contributed by atoms with Crippen LogP contribution in [0.3, 0.4) is 0 Å². The van der Waals surface area contributed by atoms with Crippen molar-refractivity contribution in [3.63, 3.8) is 0 Å². The van der Waals surface area contributed by atoms with Crippen molar-refractivity contribution >= 4 is 23.4 Å². The maximum atomic E-state index is 12.3. The molecule has 1 N–H and O–H groups in total. The Bertz CT molecular complexity index is 864. The zero-order chi connectivity index (χ0) is 17.8. The summed E-state index contributed by atoms with van der Waals surface area (Å²) in [6.45, 7) is 0.0125. The van der Waals surface area contributed by atoms with E-state index in [0.29, 0.717) is 16.8 Å². The van der Waals surface area contributed by atoms with Crippen LogP contribution >= 0.6 is 0 Å². The number of nitrogens with zero attached hydrogens (tertiary/aromatic N) is 2. The lowest BCUT2D eigenvalue weighted by atomic mass is 10.1. The molecule has 0 saturated heterocycles. The fourth-order valence-corrected chi connectivity index (χ4v) is 2.75. The van der Waals surface area contributed by atoms with Crippen LogP contribution in [0, 0.1) is 11.3 Å². The quantitative estimate of drug-likeness (QED) is 0.851. The second-order valence-electron chi connectivity index (χ2n) is 5.60. The molecule has 6 nitrogen and oxygen atoms in total. The molecule has 1 heterocycles. The van der Waals surface area contributed by atoms with Crippen molar-refractivity contribution in [3.05, 3.63) is 65.2 Å². The number of imide groups is 1. The van der Waals surface area contributed by atoms with E-state index in [4.69, 9.17) is 5.26 Å². The van der Waals surface area contributed by atoms with Gasteiger partial charge < -0.3 is 5.32 Å². The lowest BCUT2D eigenvalue weighted by molar-refractivity contribution is -0.116. The number of amides is 3. The molecule has 1 aliphatic rings. The van der Waals surface area contributed by atoms with Crippen molar-refractivity contribution in [1.82, 2.24) is 4.90 Å². The molecule has 3 rings (SSSR count). The third-order valence-corrected chi connectivity index (χ3v) is 4.00. The average Bonchev–Trinajstić information content (AvgIpc) is 2.86. The number of nitriles is 1. The van der Waals surface area contributed by atoms with Crippen molar-refractivity contribution < 1.29 is 14.4 Å². The van der Waals surface area contributed by atoms with Gasteiger partial charge in [0, 0.05) is 18.7 Å². The summed E-state index contributed by atoms with van der Waals surface area (Å²) in [7, 11) is 0. The van der Waals surface area contributed by atoms with E-state index >= 15 is 0 Å². The maximum Gasteiger partial charge on any atom is 0.261 e. The Morgan fingerprint density at radius 2 is 1.60 bits per heavy atom. The van der Waals surface area contributed by atoms with E-state index in [9.17, 15) is 14.4 Å². The zero-order valence-electron chi connectivity index (χ0n) is 13.4. The number of benzene rings is 2. The molecule has 25 heavy (non-hydrogen) atoms. The minimum atomic E-state index is -0.377. The van der Waals surface area contributed by atoms with Crippen molar-refractivity contribution in [2.24, 2.45) is 0 Å². The molecule has 0 aromatic heterocycles. The second kappa shape index (κ2) is 6.97. The van der Waals surface area contributed by atoms with Gasteiger partial charge in [-0.15, -0.1) is 0 Å². The van der Waals surface area contributed by atoms with Crippen LogP contribution in [0.1, 0.15) is 32.7 Å². The number of carbonyl (C=O) groups is 3. The normalized spacial score (nSPS) is 12.7. The van der Waals surface area contributed by atoms with E-state index in [2.05, 4.69) is 5.32 Å². The van der Waals surface area contributed by atoms with Crippen molar-refractivity contribution in [2.75, 3.05) is 11.9 Å². The summed E-state index contributed by atoms with van der Waals surface area (Å²) in [5.41, 5.74) is 2.02. The summed E-state index contributed by atoms with van der Waals surface area (Å²) in [4.78, 5) is 37.8. The number of rotatable bonds is 5. The van der Waals surface area contributed by atoms with Gasteiger partial charge in [-0.3, -0.25) is 19.3 Å². The Labute approximate surface area is 144 Å². The molecular weight excluding hydrogens is 318 g/mol. The van der Waals surface area contributed by atoms with Crippen LogP contribution in [0.2, 0.25) is 0 Å². The Balaban J connectivity index is 1.64. The first-order valence-electron chi connectivity index (χ1n) is 7.81. The van der Waals surface area contributed by atoms with Gasteiger partial charge in [-0.1, -0.05) is 30.3 Å². The molecule has 0 spiro atoms. The molecule has 2 aromatic rings. The molecule has 0 bridgehead atoms. The van der Waals surface area contributed by atoms with E-state index in [-0.39, 0.29) is 37.1 Å². The van der Waals surface area contributed by atoms with Gasteiger partial charge in [0.2, 0.25) is 5.91 Å². The van der Waals surface area contributed by atoms with Gasteiger partial charge in [0.1, 0.15) is 0 Å². The SMILES string of the molecule is N#CCc1ccccc1NC(=O)CCN1C(=O)c2ccccc2C1=O. The minimum absolute atomic E-state index is 0.00758. The van der Waals surface area contributed by atoms with Crippen LogP contribution in [-0.4, -0.2) is 29.2 Å². The fourth-order valence-electron chi connectivity index (χ4n) is 2.75. The van der Waals surface area contributed by atoms with Gasteiger partial charge in [0.15, 0.2) is 0 Å². The smallest absolute Gasteiger partial charge is 0.261 e. The monoisotopic (exact) mass is 333 g/mol. The van der Waals surface area contributed by atoms with Crippen LogP contribution in [0.4, 0.5) is 5.69 Å². The third kappa shape index (κ3) is 3.26. The van der Waals surface area contributed by atoms with E-state index in [1.54, 1.807) is 48.5 Å². The highest BCUT2D eigenvalue weighted by molar-refractivity contribution is 6.21. The Morgan fingerprint density at radius 1 is 1.00 bits per heavy atom. The molecule has 3 amide bonds. The Morgan fingerprint density at radius 3 is 2.24 bits per heavy atom. The van der Waals surface area contributed by atoms with Gasteiger partial charge in [-0.2, -0.15) is 5.26 Å². The van der Waals surface area contributed by atoms with Crippen molar-refractivity contribution in [3.8, 4) is 6.07 Å². The van der Waals surface area contributed by atoms with Gasteiger partial charge in [0.05, 0.1) is 23.6 Å². The molecule has 1 aliphatic heterocycles. The molecule has 0 unspecified atom stereocenters. The van der Waals surface area contributed by atoms with Crippen LogP contribution in [0.5, 0.6) is 0 Å². The third-order valence-electron chi connectivity index (χ3n) is 4.00. The highest BCUT2D eigenvalue weighted by atomic mass is 16.2. The molecule has 124 valence electrons. The summed E-state index contributed by atoms with van der Waals surface area (Å²) in [5.74, 6) is -1.07. The fraction of sp³-hybridized carbons (Fsp3) is 0.158. The van der Waals surface area contributed by atoms with E-state index < -0.39 is 0 Å². The number of hydrogen-bond acceptors (Lipinski definition) is 4. The molecule has 0 saturated carbocycles. The molecule has 0 aliphatic carbocycles. The van der Waals surface area contributed by atoms with Crippen LogP contribution in [-0.2, 0) is 11.2 Å². The van der Waals surface area contributed by atoms with Gasteiger partial charge in [-0.05, 0) is 23.8 Å². The molecule has 0 atom stereocenters. The average molecular weight is 333 g/mol. The number of nitrogens with one attached hydrogen (secondary N) is 1. The van der Waals surface area contributed by atoms with Crippen molar-refractivity contribution in [2.45, 2.75) is 12.8 Å². The maximum absolute atomic E-state index is 12.3.